The van der Waals surface area contributed by atoms with Gasteiger partial charge in [0.05, 0.1) is 37.2 Å². The van der Waals surface area contributed by atoms with E-state index >= 15 is 0 Å². The maximum atomic E-state index is 13.4. The van der Waals surface area contributed by atoms with Crippen LogP contribution in [-0.4, -0.2) is 41.8 Å². The Morgan fingerprint density at radius 3 is 2.24 bits per heavy atom. The van der Waals surface area contributed by atoms with Crippen molar-refractivity contribution in [3.63, 3.8) is 0 Å². The van der Waals surface area contributed by atoms with Crippen LogP contribution in [0, 0.1) is 10.1 Å². The Kier molecular flexibility index (Phi) is 7.14. The molecule has 0 unspecified atom stereocenters. The van der Waals surface area contributed by atoms with Crippen molar-refractivity contribution < 1.29 is 23.9 Å². The molecule has 0 spiro atoms. The summed E-state index contributed by atoms with van der Waals surface area (Å²) < 4.78 is 17.3. The summed E-state index contributed by atoms with van der Waals surface area (Å²) in [5, 5.41) is 11.1. The van der Waals surface area contributed by atoms with Crippen molar-refractivity contribution in [1.29, 1.82) is 0 Å². The number of benzene rings is 3. The van der Waals surface area contributed by atoms with Gasteiger partial charge in [-0.05, 0) is 48.0 Å². The van der Waals surface area contributed by atoms with E-state index in [1.807, 2.05) is 0 Å². The van der Waals surface area contributed by atoms with Crippen molar-refractivity contribution >= 4 is 28.6 Å². The highest BCUT2D eigenvalue weighted by Gasteiger charge is 2.19. The first-order chi connectivity index (χ1) is 17.9. The summed E-state index contributed by atoms with van der Waals surface area (Å²) in [7, 11) is 4.40. The number of nitro groups is 1. The highest BCUT2D eigenvalue weighted by molar-refractivity contribution is 5.98. The zero-order chi connectivity index (χ0) is 26.5. The van der Waals surface area contributed by atoms with E-state index in [1.165, 1.54) is 57.7 Å². The Hall–Kier alpha value is -5.19. The van der Waals surface area contributed by atoms with Gasteiger partial charge >= 0.3 is 0 Å². The molecular weight excluding hydrogens is 480 g/mol. The molecule has 1 N–H and O–H groups in total. The van der Waals surface area contributed by atoms with Crippen LogP contribution in [0.1, 0.15) is 5.56 Å². The van der Waals surface area contributed by atoms with Crippen LogP contribution in [0.25, 0.3) is 28.4 Å². The van der Waals surface area contributed by atoms with Crippen molar-refractivity contribution in [2.45, 2.75) is 0 Å². The second-order valence-electron chi connectivity index (χ2n) is 7.67. The van der Waals surface area contributed by atoms with Crippen LogP contribution in [0.15, 0.2) is 71.5 Å². The second-order valence-corrected chi connectivity index (χ2v) is 7.67. The summed E-state index contributed by atoms with van der Waals surface area (Å²) in [5.74, 6) is 0.565. The average molecular weight is 502 g/mol. The van der Waals surface area contributed by atoms with E-state index in [-0.39, 0.29) is 11.5 Å². The van der Waals surface area contributed by atoms with E-state index in [1.54, 1.807) is 36.4 Å². The number of methoxy groups -OCH3 is 3. The van der Waals surface area contributed by atoms with Crippen LogP contribution < -0.4 is 25.2 Å². The minimum Gasteiger partial charge on any atom is -0.493 e. The molecule has 0 radical (unpaired) electrons. The van der Waals surface area contributed by atoms with Gasteiger partial charge in [0.2, 0.25) is 5.75 Å². The number of carbonyl (C=O) groups excluding carboxylic acids is 1. The minimum atomic E-state index is -0.619. The number of aromatic nitrogens is 2. The largest absolute Gasteiger partial charge is 0.493 e. The third kappa shape index (κ3) is 5.10. The van der Waals surface area contributed by atoms with Crippen molar-refractivity contribution in [2.24, 2.45) is 0 Å². The lowest BCUT2D eigenvalue weighted by atomic mass is 10.1. The third-order valence-electron chi connectivity index (χ3n) is 5.45. The first-order valence-electron chi connectivity index (χ1n) is 10.9. The number of nitrogens with one attached hydrogen (secondary N) is 1. The van der Waals surface area contributed by atoms with E-state index in [9.17, 15) is 19.7 Å². The van der Waals surface area contributed by atoms with Gasteiger partial charge in [-0.15, -0.1) is 0 Å². The molecule has 0 fully saturated rings. The van der Waals surface area contributed by atoms with Gasteiger partial charge in [-0.25, -0.2) is 4.98 Å². The summed E-state index contributed by atoms with van der Waals surface area (Å²) in [4.78, 5) is 41.2. The standard InChI is InChI=1S/C26H22N4O7/c1-35-21-14-17(15-22(36-2)24(21)37-3)25-27-20-7-5-4-6-19(20)26(32)29(25)28-23(31)13-10-16-8-11-18(12-9-16)30(33)34/h4-15H,1-3H3,(H,28,31). The first-order valence-corrected chi connectivity index (χ1v) is 10.9. The van der Waals surface area contributed by atoms with Gasteiger partial charge < -0.3 is 14.2 Å². The fourth-order valence-electron chi connectivity index (χ4n) is 3.67. The number of hydrogen-bond donors (Lipinski definition) is 1. The minimum absolute atomic E-state index is 0.0645. The molecule has 0 saturated heterocycles. The van der Waals surface area contributed by atoms with Crippen LogP contribution in [0.5, 0.6) is 17.2 Å². The Morgan fingerprint density at radius 2 is 1.65 bits per heavy atom. The van der Waals surface area contributed by atoms with Crippen LogP contribution in [0.3, 0.4) is 0 Å². The van der Waals surface area contributed by atoms with Crippen molar-refractivity contribution in [3.05, 3.63) is 92.8 Å². The van der Waals surface area contributed by atoms with E-state index < -0.39 is 16.4 Å². The topological polar surface area (TPSA) is 135 Å². The smallest absolute Gasteiger partial charge is 0.280 e. The van der Waals surface area contributed by atoms with E-state index in [0.717, 1.165) is 4.68 Å². The lowest BCUT2D eigenvalue weighted by Gasteiger charge is -2.17. The Morgan fingerprint density at radius 1 is 1.00 bits per heavy atom. The van der Waals surface area contributed by atoms with E-state index in [0.29, 0.717) is 39.3 Å². The molecular formula is C26H22N4O7. The van der Waals surface area contributed by atoms with Crippen LogP contribution in [-0.2, 0) is 4.79 Å². The molecule has 11 nitrogen and oxygen atoms in total. The van der Waals surface area contributed by atoms with Gasteiger partial charge in [-0.1, -0.05) is 12.1 Å². The van der Waals surface area contributed by atoms with Crippen molar-refractivity contribution in [2.75, 3.05) is 26.8 Å². The van der Waals surface area contributed by atoms with Crippen LogP contribution in [0.4, 0.5) is 5.69 Å². The fourth-order valence-corrected chi connectivity index (χ4v) is 3.67. The van der Waals surface area contributed by atoms with Crippen molar-refractivity contribution in [1.82, 2.24) is 9.66 Å². The molecule has 0 aliphatic carbocycles. The summed E-state index contributed by atoms with van der Waals surface area (Å²) in [5.41, 5.74) is 3.43. The Labute approximate surface area is 210 Å². The maximum absolute atomic E-state index is 13.4. The van der Waals surface area contributed by atoms with Gasteiger partial charge in [0.25, 0.3) is 17.2 Å². The number of para-hydroxylation sites is 1. The molecule has 37 heavy (non-hydrogen) atoms. The summed E-state index contributed by atoms with van der Waals surface area (Å²) >= 11 is 0. The number of carbonyl (C=O) groups is 1. The van der Waals surface area contributed by atoms with Crippen LogP contribution in [0.2, 0.25) is 0 Å². The molecule has 0 saturated carbocycles. The quantitative estimate of drug-likeness (QED) is 0.219. The molecule has 188 valence electrons. The molecule has 0 bridgehead atoms. The number of rotatable bonds is 8. The third-order valence-corrected chi connectivity index (χ3v) is 5.45. The van der Waals surface area contributed by atoms with Gasteiger partial charge in [-0.3, -0.25) is 25.1 Å². The Balaban J connectivity index is 1.78. The van der Waals surface area contributed by atoms with Gasteiger partial charge in [0.1, 0.15) is 0 Å². The SMILES string of the molecule is COc1cc(-c2nc3ccccc3c(=O)n2NC(=O)C=Cc2ccc([N+](=O)[O-])cc2)cc(OC)c1OC. The van der Waals surface area contributed by atoms with Crippen LogP contribution >= 0.6 is 0 Å². The van der Waals surface area contributed by atoms with E-state index in [4.69, 9.17) is 14.2 Å². The number of hydrogen-bond acceptors (Lipinski definition) is 8. The number of nitro benzene ring substituents is 1. The average Bonchev–Trinajstić information content (AvgIpc) is 2.92. The molecule has 1 amide bonds. The molecule has 1 heterocycles. The van der Waals surface area contributed by atoms with Gasteiger partial charge in [0.15, 0.2) is 17.3 Å². The molecule has 0 atom stereocenters. The zero-order valence-corrected chi connectivity index (χ0v) is 20.1. The molecule has 11 heteroatoms. The fraction of sp³-hybridized carbons (Fsp3) is 0.115. The highest BCUT2D eigenvalue weighted by Crippen LogP contribution is 2.40. The normalized spacial score (nSPS) is 10.9. The predicted octanol–water partition coefficient (Wildman–Crippen LogP) is 3.78. The number of fused-ring (bicyclic) bond motifs is 1. The summed E-state index contributed by atoms with van der Waals surface area (Å²) in [6.07, 6.45) is 2.68. The lowest BCUT2D eigenvalue weighted by Crippen LogP contribution is -2.34. The molecule has 1 aromatic heterocycles. The second kappa shape index (κ2) is 10.6. The number of nitrogens with zero attached hydrogens (tertiary/aromatic N) is 3. The summed E-state index contributed by atoms with van der Waals surface area (Å²) in [6, 6.07) is 15.7. The predicted molar refractivity (Wildman–Crippen MR) is 138 cm³/mol. The zero-order valence-electron chi connectivity index (χ0n) is 20.1. The number of non-ortho nitro benzene ring substituents is 1. The Bertz CT molecular complexity index is 1550. The first kappa shape index (κ1) is 24.9. The van der Waals surface area contributed by atoms with Gasteiger partial charge in [-0.2, -0.15) is 4.68 Å². The molecule has 3 aromatic carbocycles. The maximum Gasteiger partial charge on any atom is 0.280 e. The molecule has 0 aliphatic heterocycles. The monoisotopic (exact) mass is 502 g/mol. The number of ether oxygens (including phenoxy) is 3. The molecule has 0 aliphatic rings. The highest BCUT2D eigenvalue weighted by atomic mass is 16.6. The summed E-state index contributed by atoms with van der Waals surface area (Å²) in [6.45, 7) is 0. The van der Waals surface area contributed by atoms with Gasteiger partial charge in [0, 0.05) is 23.8 Å². The van der Waals surface area contributed by atoms with Crippen molar-refractivity contribution in [3.8, 4) is 28.6 Å². The number of amides is 1. The molecule has 4 aromatic rings. The molecule has 4 rings (SSSR count). The van der Waals surface area contributed by atoms with E-state index in [2.05, 4.69) is 10.4 Å². The lowest BCUT2D eigenvalue weighted by molar-refractivity contribution is -0.384.